The lowest BCUT2D eigenvalue weighted by Crippen LogP contribution is -2.30. The van der Waals surface area contributed by atoms with Gasteiger partial charge in [-0.2, -0.15) is 0 Å². The highest BCUT2D eigenvalue weighted by molar-refractivity contribution is 5.09. The first-order valence-corrected chi connectivity index (χ1v) is 8.62. The van der Waals surface area contributed by atoms with Crippen LogP contribution in [0.5, 0.6) is 0 Å². The highest BCUT2D eigenvalue weighted by atomic mass is 15.1. The van der Waals surface area contributed by atoms with Crippen LogP contribution in [0.2, 0.25) is 0 Å². The van der Waals surface area contributed by atoms with Gasteiger partial charge in [-0.05, 0) is 31.6 Å². The lowest BCUT2D eigenvalue weighted by Gasteiger charge is -2.33. The number of imidazole rings is 1. The Kier molecular flexibility index (Phi) is 4.77. The molecule has 1 heterocycles. The average Bonchev–Trinajstić information content (AvgIpc) is 2.99. The largest absolute Gasteiger partial charge is 0.330 e. The lowest BCUT2D eigenvalue weighted by molar-refractivity contribution is 0.245. The van der Waals surface area contributed by atoms with E-state index >= 15 is 0 Å². The molecule has 2 fully saturated rings. The molecule has 1 aromatic heterocycles. The minimum Gasteiger partial charge on any atom is -0.330 e. The van der Waals surface area contributed by atoms with E-state index in [0.717, 1.165) is 18.4 Å². The summed E-state index contributed by atoms with van der Waals surface area (Å²) in [4.78, 5) is 4.47. The number of nitrogens with two attached hydrogens (primary N) is 1. The molecule has 0 amide bonds. The van der Waals surface area contributed by atoms with Gasteiger partial charge in [0.25, 0.3) is 0 Å². The highest BCUT2D eigenvalue weighted by Gasteiger charge is 2.27. The van der Waals surface area contributed by atoms with Crippen LogP contribution in [0.3, 0.4) is 0 Å². The number of nitrogens with zero attached hydrogens (tertiary/aromatic N) is 2. The maximum atomic E-state index is 6.14. The Labute approximate surface area is 123 Å². The van der Waals surface area contributed by atoms with Crippen molar-refractivity contribution in [3.8, 4) is 0 Å². The van der Waals surface area contributed by atoms with Crippen molar-refractivity contribution in [2.75, 3.05) is 6.54 Å². The fraction of sp³-hybridized carbons (Fsp3) is 0.824. The van der Waals surface area contributed by atoms with Gasteiger partial charge in [0, 0.05) is 30.4 Å². The van der Waals surface area contributed by atoms with Gasteiger partial charge in [-0.15, -0.1) is 0 Å². The molecular weight excluding hydrogens is 246 g/mol. The highest BCUT2D eigenvalue weighted by Crippen LogP contribution is 2.37. The Morgan fingerprint density at radius 2 is 1.70 bits per heavy atom. The summed E-state index contributed by atoms with van der Waals surface area (Å²) >= 11 is 0. The number of hydrogen-bond acceptors (Lipinski definition) is 2. The van der Waals surface area contributed by atoms with Gasteiger partial charge in [0.15, 0.2) is 0 Å². The third kappa shape index (κ3) is 2.93. The van der Waals surface area contributed by atoms with Crippen molar-refractivity contribution in [2.24, 2.45) is 11.7 Å². The summed E-state index contributed by atoms with van der Waals surface area (Å²) < 4.78 is 2.45. The second kappa shape index (κ2) is 6.75. The fourth-order valence-corrected chi connectivity index (χ4v) is 4.36. The molecule has 20 heavy (non-hydrogen) atoms. The van der Waals surface area contributed by atoms with Crippen LogP contribution >= 0.6 is 0 Å². The smallest absolute Gasteiger partial charge is 0.0951 e. The van der Waals surface area contributed by atoms with E-state index in [4.69, 9.17) is 5.73 Å². The van der Waals surface area contributed by atoms with Crippen LogP contribution in [-0.2, 0) is 0 Å². The molecule has 3 nitrogen and oxygen atoms in total. The van der Waals surface area contributed by atoms with Crippen molar-refractivity contribution >= 4 is 0 Å². The number of hydrogen-bond donors (Lipinski definition) is 1. The molecule has 112 valence electrons. The second-order valence-corrected chi connectivity index (χ2v) is 6.76. The van der Waals surface area contributed by atoms with Crippen molar-refractivity contribution < 1.29 is 0 Å². The predicted octanol–water partition coefficient (Wildman–Crippen LogP) is 4.01. The quantitative estimate of drug-likeness (QED) is 0.902. The first-order valence-electron chi connectivity index (χ1n) is 8.62. The molecule has 0 bridgehead atoms. The summed E-state index contributed by atoms with van der Waals surface area (Å²) in [6.45, 7) is 0.765. The topological polar surface area (TPSA) is 43.8 Å². The van der Waals surface area contributed by atoms with Crippen molar-refractivity contribution in [1.29, 1.82) is 0 Å². The first kappa shape index (κ1) is 14.1. The zero-order valence-corrected chi connectivity index (χ0v) is 12.6. The molecule has 2 saturated carbocycles. The van der Waals surface area contributed by atoms with E-state index in [0.29, 0.717) is 6.04 Å². The van der Waals surface area contributed by atoms with E-state index < -0.39 is 0 Å². The van der Waals surface area contributed by atoms with Crippen molar-refractivity contribution in [3.63, 3.8) is 0 Å². The minimum absolute atomic E-state index is 0.481. The molecule has 3 rings (SSSR count). The molecule has 0 aromatic carbocycles. The van der Waals surface area contributed by atoms with Crippen LogP contribution < -0.4 is 5.73 Å². The van der Waals surface area contributed by atoms with E-state index in [-0.39, 0.29) is 0 Å². The van der Waals surface area contributed by atoms with Gasteiger partial charge in [0.05, 0.1) is 6.33 Å². The van der Waals surface area contributed by atoms with Crippen LogP contribution in [0.15, 0.2) is 12.5 Å². The van der Waals surface area contributed by atoms with Crippen molar-refractivity contribution in [1.82, 2.24) is 9.55 Å². The average molecular weight is 275 g/mol. The van der Waals surface area contributed by atoms with Crippen LogP contribution in [0, 0.1) is 5.92 Å². The summed E-state index contributed by atoms with van der Waals surface area (Å²) in [6.07, 6.45) is 17.9. The van der Waals surface area contributed by atoms with Crippen molar-refractivity contribution in [3.05, 3.63) is 18.2 Å². The van der Waals surface area contributed by atoms with E-state index in [9.17, 15) is 0 Å². The summed E-state index contributed by atoms with van der Waals surface area (Å²) in [6, 6.07) is 0.481. The standard InChI is InChI=1S/C17H29N3/c18-11-16(14-7-3-1-4-8-14)20-13-19-12-17(20)15-9-5-2-6-10-15/h12-16H,1-11,18H2. The van der Waals surface area contributed by atoms with Gasteiger partial charge < -0.3 is 10.3 Å². The van der Waals surface area contributed by atoms with Gasteiger partial charge in [0.1, 0.15) is 0 Å². The molecule has 1 aromatic rings. The molecule has 2 N–H and O–H groups in total. The molecule has 3 heteroatoms. The lowest BCUT2D eigenvalue weighted by atomic mass is 9.82. The zero-order valence-electron chi connectivity index (χ0n) is 12.6. The zero-order chi connectivity index (χ0) is 13.8. The molecular formula is C17H29N3. The number of aromatic nitrogens is 2. The molecule has 2 aliphatic carbocycles. The van der Waals surface area contributed by atoms with E-state index in [1.165, 1.54) is 69.9 Å². The van der Waals surface area contributed by atoms with Gasteiger partial charge in [0.2, 0.25) is 0 Å². The Hall–Kier alpha value is -0.830. The molecule has 0 spiro atoms. The van der Waals surface area contributed by atoms with Crippen LogP contribution in [0.4, 0.5) is 0 Å². The minimum atomic E-state index is 0.481. The van der Waals surface area contributed by atoms with Crippen LogP contribution in [-0.4, -0.2) is 16.1 Å². The normalized spacial score (nSPS) is 23.9. The molecule has 0 radical (unpaired) electrons. The molecule has 0 aliphatic heterocycles. The molecule has 1 atom stereocenters. The second-order valence-electron chi connectivity index (χ2n) is 6.76. The van der Waals surface area contributed by atoms with Gasteiger partial charge in [-0.3, -0.25) is 0 Å². The van der Waals surface area contributed by atoms with Crippen LogP contribution in [0.1, 0.15) is 81.9 Å². The third-order valence-corrected chi connectivity index (χ3v) is 5.51. The fourth-order valence-electron chi connectivity index (χ4n) is 4.36. The van der Waals surface area contributed by atoms with E-state index in [2.05, 4.69) is 22.1 Å². The number of rotatable bonds is 4. The van der Waals surface area contributed by atoms with Gasteiger partial charge >= 0.3 is 0 Å². The summed E-state index contributed by atoms with van der Waals surface area (Å²) in [5.74, 6) is 1.49. The maximum Gasteiger partial charge on any atom is 0.0951 e. The Morgan fingerprint density at radius 3 is 2.35 bits per heavy atom. The van der Waals surface area contributed by atoms with E-state index in [1.54, 1.807) is 0 Å². The summed E-state index contributed by atoms with van der Waals surface area (Å²) in [7, 11) is 0. The van der Waals surface area contributed by atoms with Crippen LogP contribution in [0.25, 0.3) is 0 Å². The molecule has 2 aliphatic rings. The monoisotopic (exact) mass is 275 g/mol. The first-order chi connectivity index (χ1) is 9.90. The molecule has 1 unspecified atom stereocenters. The Morgan fingerprint density at radius 1 is 1.05 bits per heavy atom. The van der Waals surface area contributed by atoms with E-state index in [1.807, 2.05) is 0 Å². The van der Waals surface area contributed by atoms with Crippen molar-refractivity contribution in [2.45, 2.75) is 76.2 Å². The Balaban J connectivity index is 1.78. The molecule has 0 saturated heterocycles. The summed E-state index contributed by atoms with van der Waals surface area (Å²) in [5, 5.41) is 0. The summed E-state index contributed by atoms with van der Waals surface area (Å²) in [5.41, 5.74) is 7.61. The Bertz CT molecular complexity index is 400. The van der Waals surface area contributed by atoms with Gasteiger partial charge in [-0.1, -0.05) is 38.5 Å². The third-order valence-electron chi connectivity index (χ3n) is 5.51. The predicted molar refractivity (Wildman–Crippen MR) is 82.7 cm³/mol. The SMILES string of the molecule is NCC(C1CCCCC1)n1cncc1C1CCCCC1. The maximum absolute atomic E-state index is 6.14. The van der Waals surface area contributed by atoms with Gasteiger partial charge in [-0.25, -0.2) is 4.98 Å².